The summed E-state index contributed by atoms with van der Waals surface area (Å²) in [7, 11) is -4.01. The Kier molecular flexibility index (Phi) is 7.02. The SMILES string of the molecule is O=C(NCC(c1ccco1)N1CCCC1)c1ccc(Cl)c(NS(=O)(=O)c2ccc(F)cc2)c1. The predicted octanol–water partition coefficient (Wildman–Crippen LogP) is 4.44. The van der Waals surface area contributed by atoms with E-state index >= 15 is 0 Å². The Balaban J connectivity index is 1.48. The Hall–Kier alpha value is -2.88. The highest BCUT2D eigenvalue weighted by molar-refractivity contribution is 7.92. The molecule has 2 N–H and O–H groups in total. The van der Waals surface area contributed by atoms with Gasteiger partial charge in [-0.25, -0.2) is 12.8 Å². The Morgan fingerprint density at radius 2 is 1.85 bits per heavy atom. The normalized spacial score (nSPS) is 15.3. The van der Waals surface area contributed by atoms with E-state index in [9.17, 15) is 17.6 Å². The van der Waals surface area contributed by atoms with Gasteiger partial charge in [-0.3, -0.25) is 14.4 Å². The molecule has 2 heterocycles. The molecule has 0 spiro atoms. The van der Waals surface area contributed by atoms with Crippen molar-refractivity contribution in [1.29, 1.82) is 0 Å². The van der Waals surface area contributed by atoms with E-state index in [2.05, 4.69) is 14.9 Å². The minimum atomic E-state index is -4.01. The molecule has 1 fully saturated rings. The van der Waals surface area contributed by atoms with Crippen LogP contribution in [0.2, 0.25) is 5.02 Å². The summed E-state index contributed by atoms with van der Waals surface area (Å²) in [4.78, 5) is 15.0. The third-order valence-electron chi connectivity index (χ3n) is 5.51. The lowest BCUT2D eigenvalue weighted by atomic mass is 10.1. The molecule has 4 rings (SSSR count). The summed E-state index contributed by atoms with van der Waals surface area (Å²) in [6.07, 6.45) is 3.80. The lowest BCUT2D eigenvalue weighted by molar-refractivity contribution is 0.0934. The Bertz CT molecular complexity index is 1210. The summed E-state index contributed by atoms with van der Waals surface area (Å²) >= 11 is 6.16. The number of carbonyl (C=O) groups is 1. The van der Waals surface area contributed by atoms with Crippen LogP contribution < -0.4 is 10.0 Å². The van der Waals surface area contributed by atoms with E-state index in [1.165, 1.54) is 18.2 Å². The molecule has 1 amide bonds. The van der Waals surface area contributed by atoms with Gasteiger partial charge < -0.3 is 9.73 Å². The Labute approximate surface area is 196 Å². The first-order chi connectivity index (χ1) is 15.8. The van der Waals surface area contributed by atoms with Crippen LogP contribution in [0.4, 0.5) is 10.1 Å². The van der Waals surface area contributed by atoms with Crippen LogP contribution in [0.15, 0.2) is 70.2 Å². The number of sulfonamides is 1. The number of hydrogen-bond acceptors (Lipinski definition) is 5. The van der Waals surface area contributed by atoms with E-state index < -0.39 is 15.8 Å². The van der Waals surface area contributed by atoms with Gasteiger partial charge in [0, 0.05) is 12.1 Å². The highest BCUT2D eigenvalue weighted by atomic mass is 35.5. The fourth-order valence-electron chi connectivity index (χ4n) is 3.80. The number of likely N-dealkylation sites (tertiary alicyclic amines) is 1. The van der Waals surface area contributed by atoms with Gasteiger partial charge in [0.2, 0.25) is 0 Å². The molecular formula is C23H23ClFN3O4S. The van der Waals surface area contributed by atoms with Crippen molar-refractivity contribution >= 4 is 33.2 Å². The zero-order valence-corrected chi connectivity index (χ0v) is 19.2. The molecule has 0 bridgehead atoms. The number of hydrogen-bond donors (Lipinski definition) is 2. The standard InChI is InChI=1S/C23H23ClFN3O4S/c24-19-10-5-16(14-20(19)27-33(30,31)18-8-6-17(25)7-9-18)23(29)26-15-21(22-4-3-13-32-22)28-11-1-2-12-28/h3-10,13-14,21,27H,1-2,11-12,15H2,(H,26,29). The summed E-state index contributed by atoms with van der Waals surface area (Å²) in [5.41, 5.74) is 0.298. The van der Waals surface area contributed by atoms with Gasteiger partial charge in [-0.2, -0.15) is 0 Å². The molecule has 1 aliphatic heterocycles. The monoisotopic (exact) mass is 491 g/mol. The second kappa shape index (κ2) is 9.94. The maximum atomic E-state index is 13.1. The number of nitrogens with one attached hydrogen (secondary N) is 2. The van der Waals surface area contributed by atoms with Crippen molar-refractivity contribution in [2.75, 3.05) is 24.4 Å². The molecule has 0 aliphatic carbocycles. The fraction of sp³-hybridized carbons (Fsp3) is 0.261. The van der Waals surface area contributed by atoms with Crippen LogP contribution in [-0.2, 0) is 10.0 Å². The number of halogens is 2. The molecule has 174 valence electrons. The smallest absolute Gasteiger partial charge is 0.261 e. The number of furan rings is 1. The molecule has 1 unspecified atom stereocenters. The number of rotatable bonds is 8. The van der Waals surface area contributed by atoms with Gasteiger partial charge in [-0.1, -0.05) is 11.6 Å². The lowest BCUT2D eigenvalue weighted by Crippen LogP contribution is -2.36. The molecule has 1 atom stereocenters. The van der Waals surface area contributed by atoms with E-state index in [1.54, 1.807) is 6.26 Å². The van der Waals surface area contributed by atoms with Gasteiger partial charge >= 0.3 is 0 Å². The molecule has 33 heavy (non-hydrogen) atoms. The van der Waals surface area contributed by atoms with Crippen LogP contribution >= 0.6 is 11.6 Å². The first-order valence-electron chi connectivity index (χ1n) is 10.5. The average molecular weight is 492 g/mol. The van der Waals surface area contributed by atoms with Crippen molar-refractivity contribution < 1.29 is 22.0 Å². The molecule has 0 saturated carbocycles. The van der Waals surface area contributed by atoms with Crippen LogP contribution in [0.25, 0.3) is 0 Å². The summed E-state index contributed by atoms with van der Waals surface area (Å²) < 4.78 is 46.3. The number of carbonyl (C=O) groups excluding carboxylic acids is 1. The van der Waals surface area contributed by atoms with E-state index in [0.29, 0.717) is 6.54 Å². The molecule has 1 aliphatic rings. The fourth-order valence-corrected chi connectivity index (χ4v) is 5.09. The highest BCUT2D eigenvalue weighted by Gasteiger charge is 2.26. The molecule has 10 heteroatoms. The third kappa shape index (κ3) is 5.55. The molecule has 1 saturated heterocycles. The maximum Gasteiger partial charge on any atom is 0.261 e. The van der Waals surface area contributed by atoms with Crippen LogP contribution in [0.5, 0.6) is 0 Å². The van der Waals surface area contributed by atoms with Crippen molar-refractivity contribution in [2.45, 2.75) is 23.8 Å². The molecule has 1 aromatic heterocycles. The zero-order chi connectivity index (χ0) is 23.4. The number of benzene rings is 2. The van der Waals surface area contributed by atoms with Crippen LogP contribution in [0, 0.1) is 5.82 Å². The summed E-state index contributed by atoms with van der Waals surface area (Å²) in [5.74, 6) is -0.141. The number of nitrogens with zero attached hydrogens (tertiary/aromatic N) is 1. The van der Waals surface area contributed by atoms with E-state index in [4.69, 9.17) is 16.0 Å². The molecule has 7 nitrogen and oxygen atoms in total. The van der Waals surface area contributed by atoms with Crippen LogP contribution in [0.3, 0.4) is 0 Å². The van der Waals surface area contributed by atoms with Gasteiger partial charge in [0.1, 0.15) is 11.6 Å². The van der Waals surface area contributed by atoms with Gasteiger partial charge in [0.05, 0.1) is 27.9 Å². The molecule has 2 aromatic carbocycles. The van der Waals surface area contributed by atoms with E-state index in [-0.39, 0.29) is 33.1 Å². The first-order valence-corrected chi connectivity index (χ1v) is 12.3. The first kappa shape index (κ1) is 23.3. The van der Waals surface area contributed by atoms with Gasteiger partial charge in [0.25, 0.3) is 15.9 Å². The quantitative estimate of drug-likeness (QED) is 0.486. The minimum absolute atomic E-state index is 0.0516. The van der Waals surface area contributed by atoms with Crippen molar-refractivity contribution in [2.24, 2.45) is 0 Å². The van der Waals surface area contributed by atoms with Crippen LogP contribution in [0.1, 0.15) is 35.0 Å². The molecular weight excluding hydrogens is 469 g/mol. The lowest BCUT2D eigenvalue weighted by Gasteiger charge is -2.26. The predicted molar refractivity (Wildman–Crippen MR) is 123 cm³/mol. The van der Waals surface area contributed by atoms with Gasteiger partial charge in [0.15, 0.2) is 0 Å². The summed E-state index contributed by atoms with van der Waals surface area (Å²) in [5, 5.41) is 3.04. The van der Waals surface area contributed by atoms with E-state index in [0.717, 1.165) is 56.0 Å². The number of amides is 1. The zero-order valence-electron chi connectivity index (χ0n) is 17.6. The Morgan fingerprint density at radius 3 is 2.52 bits per heavy atom. The maximum absolute atomic E-state index is 13.1. The highest BCUT2D eigenvalue weighted by Crippen LogP contribution is 2.27. The average Bonchev–Trinajstić information content (AvgIpc) is 3.50. The summed E-state index contributed by atoms with van der Waals surface area (Å²) in [6, 6.07) is 12.4. The van der Waals surface area contributed by atoms with Gasteiger partial charge in [-0.05, 0) is 80.5 Å². The molecule has 0 radical (unpaired) electrons. The van der Waals surface area contributed by atoms with Crippen molar-refractivity contribution in [3.63, 3.8) is 0 Å². The largest absolute Gasteiger partial charge is 0.468 e. The van der Waals surface area contributed by atoms with Gasteiger partial charge in [-0.15, -0.1) is 0 Å². The second-order valence-corrected chi connectivity index (χ2v) is 9.83. The van der Waals surface area contributed by atoms with E-state index in [1.807, 2.05) is 12.1 Å². The Morgan fingerprint density at radius 1 is 1.12 bits per heavy atom. The second-order valence-electron chi connectivity index (χ2n) is 7.74. The molecule has 3 aromatic rings. The number of anilines is 1. The van der Waals surface area contributed by atoms with Crippen molar-refractivity contribution in [3.05, 3.63) is 83.0 Å². The summed E-state index contributed by atoms with van der Waals surface area (Å²) in [6.45, 7) is 2.20. The topological polar surface area (TPSA) is 91.7 Å². The van der Waals surface area contributed by atoms with Crippen molar-refractivity contribution in [3.8, 4) is 0 Å². The van der Waals surface area contributed by atoms with Crippen LogP contribution in [-0.4, -0.2) is 38.9 Å². The van der Waals surface area contributed by atoms with Crippen molar-refractivity contribution in [1.82, 2.24) is 10.2 Å². The minimum Gasteiger partial charge on any atom is -0.468 e. The third-order valence-corrected chi connectivity index (χ3v) is 7.22.